The van der Waals surface area contributed by atoms with Crippen LogP contribution in [0.1, 0.15) is 0 Å². The zero-order chi connectivity index (χ0) is 39.8. The van der Waals surface area contributed by atoms with E-state index in [1.165, 1.54) is 11.1 Å². The highest BCUT2D eigenvalue weighted by Gasteiger charge is 2.23. The van der Waals surface area contributed by atoms with Crippen LogP contribution in [0.2, 0.25) is 0 Å². The van der Waals surface area contributed by atoms with E-state index in [4.69, 9.17) is 19.4 Å². The lowest BCUT2D eigenvalue weighted by molar-refractivity contribution is 0.673. The van der Waals surface area contributed by atoms with Crippen LogP contribution in [0, 0.1) is 0 Å². The van der Waals surface area contributed by atoms with Crippen molar-refractivity contribution in [1.82, 2.24) is 15.0 Å². The molecule has 0 atom stereocenters. The van der Waals surface area contributed by atoms with Gasteiger partial charge >= 0.3 is 0 Å². The largest absolute Gasteiger partial charge is 0.455 e. The highest BCUT2D eigenvalue weighted by Crippen LogP contribution is 2.47. The van der Waals surface area contributed by atoms with Gasteiger partial charge in [-0.2, -0.15) is 0 Å². The maximum absolute atomic E-state index is 6.80. The highest BCUT2D eigenvalue weighted by atomic mass is 16.3. The van der Waals surface area contributed by atoms with Crippen molar-refractivity contribution in [3.05, 3.63) is 218 Å². The van der Waals surface area contributed by atoms with Gasteiger partial charge in [0.15, 0.2) is 17.5 Å². The van der Waals surface area contributed by atoms with Gasteiger partial charge in [0, 0.05) is 49.6 Å². The maximum atomic E-state index is 6.80. The highest BCUT2D eigenvalue weighted by molar-refractivity contribution is 6.23. The molecule has 5 nitrogen and oxygen atoms in total. The van der Waals surface area contributed by atoms with E-state index in [0.717, 1.165) is 77.6 Å². The van der Waals surface area contributed by atoms with Crippen LogP contribution in [0.25, 0.3) is 89.1 Å². The van der Waals surface area contributed by atoms with Gasteiger partial charge in [-0.3, -0.25) is 0 Å². The Hall–Kier alpha value is -8.15. The van der Waals surface area contributed by atoms with Gasteiger partial charge in [0.25, 0.3) is 0 Å². The molecule has 0 saturated heterocycles. The summed E-state index contributed by atoms with van der Waals surface area (Å²) < 4.78 is 6.80. The van der Waals surface area contributed by atoms with Crippen LogP contribution in [0.3, 0.4) is 0 Å². The summed E-state index contributed by atoms with van der Waals surface area (Å²) in [4.78, 5) is 17.2. The van der Waals surface area contributed by atoms with Gasteiger partial charge in [0.2, 0.25) is 0 Å². The van der Waals surface area contributed by atoms with Gasteiger partial charge in [-0.05, 0) is 58.7 Å². The van der Waals surface area contributed by atoms with E-state index in [0.29, 0.717) is 17.5 Å². The number of furan rings is 1. The van der Waals surface area contributed by atoms with Crippen molar-refractivity contribution in [2.45, 2.75) is 0 Å². The molecule has 282 valence electrons. The van der Waals surface area contributed by atoms with Crippen molar-refractivity contribution < 1.29 is 4.42 Å². The number of para-hydroxylation sites is 2. The molecule has 0 aliphatic rings. The van der Waals surface area contributed by atoms with Crippen LogP contribution in [0.4, 0.5) is 17.1 Å². The Morgan fingerprint density at radius 3 is 1.40 bits per heavy atom. The molecule has 0 bridgehead atoms. The molecule has 0 spiro atoms. The lowest BCUT2D eigenvalue weighted by atomic mass is 9.94. The molecule has 2 aromatic heterocycles. The van der Waals surface area contributed by atoms with Gasteiger partial charge in [-0.15, -0.1) is 0 Å². The van der Waals surface area contributed by atoms with Gasteiger partial charge < -0.3 is 9.32 Å². The Morgan fingerprint density at radius 2 is 0.783 bits per heavy atom. The van der Waals surface area contributed by atoms with E-state index in [1.807, 2.05) is 66.7 Å². The third-order valence-electron chi connectivity index (χ3n) is 11.1. The van der Waals surface area contributed by atoms with E-state index < -0.39 is 0 Å². The van der Waals surface area contributed by atoms with Crippen molar-refractivity contribution in [3.8, 4) is 56.4 Å². The summed E-state index contributed by atoms with van der Waals surface area (Å²) in [6, 6.07) is 75.8. The lowest BCUT2D eigenvalue weighted by Crippen LogP contribution is -2.10. The predicted molar refractivity (Wildman–Crippen MR) is 246 cm³/mol. The molecule has 5 heteroatoms. The number of aromatic nitrogens is 3. The van der Waals surface area contributed by atoms with Crippen molar-refractivity contribution in [3.63, 3.8) is 0 Å². The first-order valence-electron chi connectivity index (χ1n) is 20.1. The Morgan fingerprint density at radius 1 is 0.333 bits per heavy atom. The molecule has 0 aliphatic carbocycles. The molecule has 9 aromatic carbocycles. The molecular weight excluding hydrogens is 733 g/mol. The molecular formula is C55H36N4O. The van der Waals surface area contributed by atoms with E-state index in [-0.39, 0.29) is 0 Å². The second-order valence-electron chi connectivity index (χ2n) is 14.8. The summed E-state index contributed by atoms with van der Waals surface area (Å²) in [6.45, 7) is 0. The Bertz CT molecular complexity index is 3220. The Balaban J connectivity index is 1.09. The second-order valence-corrected chi connectivity index (χ2v) is 14.8. The summed E-state index contributed by atoms with van der Waals surface area (Å²) in [5, 5.41) is 4.27. The predicted octanol–water partition coefficient (Wildman–Crippen LogP) is 14.7. The number of benzene rings is 9. The average molecular weight is 769 g/mol. The Labute approximate surface area is 347 Å². The zero-order valence-corrected chi connectivity index (χ0v) is 32.5. The third kappa shape index (κ3) is 6.35. The fraction of sp³-hybridized carbons (Fsp3) is 0. The lowest BCUT2D eigenvalue weighted by Gasteiger charge is -2.27. The summed E-state index contributed by atoms with van der Waals surface area (Å²) in [5.41, 5.74) is 12.2. The van der Waals surface area contributed by atoms with Crippen LogP contribution in [-0.4, -0.2) is 15.0 Å². The van der Waals surface area contributed by atoms with Gasteiger partial charge in [0.05, 0.1) is 5.69 Å². The summed E-state index contributed by atoms with van der Waals surface area (Å²) in [7, 11) is 0. The summed E-state index contributed by atoms with van der Waals surface area (Å²) in [6.07, 6.45) is 0. The SMILES string of the molecule is c1ccc(-c2ccc(N(c3ccccc3)c3cc4c5ccccc5oc4c4c(-c5ccc(-c6nc(-c7ccccc7)nc(-c7ccccc7)n6)cc5)cccc34)cc2)cc1. The number of anilines is 3. The summed E-state index contributed by atoms with van der Waals surface area (Å²) in [5.74, 6) is 1.89. The molecule has 0 aliphatic heterocycles. The topological polar surface area (TPSA) is 55.1 Å². The molecule has 0 saturated carbocycles. The van der Waals surface area contributed by atoms with Crippen molar-refractivity contribution in [2.75, 3.05) is 4.90 Å². The monoisotopic (exact) mass is 768 g/mol. The zero-order valence-electron chi connectivity index (χ0n) is 32.5. The van der Waals surface area contributed by atoms with Crippen LogP contribution >= 0.6 is 0 Å². The molecule has 2 heterocycles. The van der Waals surface area contributed by atoms with E-state index >= 15 is 0 Å². The third-order valence-corrected chi connectivity index (χ3v) is 11.1. The van der Waals surface area contributed by atoms with Gasteiger partial charge in [0.1, 0.15) is 11.2 Å². The minimum atomic E-state index is 0.617. The molecule has 0 unspecified atom stereocenters. The first-order chi connectivity index (χ1) is 29.7. The van der Waals surface area contributed by atoms with Crippen molar-refractivity contribution >= 4 is 49.8 Å². The fourth-order valence-corrected chi connectivity index (χ4v) is 8.22. The number of fused-ring (bicyclic) bond motifs is 5. The van der Waals surface area contributed by atoms with Crippen molar-refractivity contribution in [2.24, 2.45) is 0 Å². The Kier molecular flexibility index (Phi) is 8.75. The molecule has 0 N–H and O–H groups in total. The minimum Gasteiger partial charge on any atom is -0.455 e. The van der Waals surface area contributed by atoms with E-state index in [9.17, 15) is 0 Å². The second kappa shape index (κ2) is 15.0. The molecule has 0 radical (unpaired) electrons. The molecule has 60 heavy (non-hydrogen) atoms. The van der Waals surface area contributed by atoms with Crippen molar-refractivity contribution in [1.29, 1.82) is 0 Å². The van der Waals surface area contributed by atoms with Crippen LogP contribution in [0.15, 0.2) is 223 Å². The first kappa shape index (κ1) is 35.0. The van der Waals surface area contributed by atoms with Gasteiger partial charge in [-0.1, -0.05) is 182 Å². The van der Waals surface area contributed by atoms with Gasteiger partial charge in [-0.25, -0.2) is 15.0 Å². The smallest absolute Gasteiger partial charge is 0.164 e. The molecule has 0 fully saturated rings. The summed E-state index contributed by atoms with van der Waals surface area (Å²) >= 11 is 0. The normalized spacial score (nSPS) is 11.3. The average Bonchev–Trinajstić information content (AvgIpc) is 3.71. The molecule has 11 rings (SSSR count). The number of rotatable bonds is 8. The minimum absolute atomic E-state index is 0.617. The maximum Gasteiger partial charge on any atom is 0.164 e. The standard InChI is InChI=1S/C55H36N4O/c1-5-16-37(17-6-1)38-32-34-44(35-33-38)59(43-22-11-4-12-23-43)49-36-48-46-24-13-14-27-50(46)60-52(48)51-45(25-15-26-47(49)51)39-28-30-42(31-29-39)55-57-53(40-18-7-2-8-19-40)56-54(58-55)41-20-9-3-10-21-41/h1-36H. The van der Waals surface area contributed by atoms with Crippen LogP contribution < -0.4 is 4.90 Å². The number of hydrogen-bond donors (Lipinski definition) is 0. The fourth-order valence-electron chi connectivity index (χ4n) is 8.22. The van der Waals surface area contributed by atoms with Crippen LogP contribution in [-0.2, 0) is 0 Å². The number of hydrogen-bond acceptors (Lipinski definition) is 5. The van der Waals surface area contributed by atoms with E-state index in [2.05, 4.69) is 157 Å². The van der Waals surface area contributed by atoms with Crippen LogP contribution in [0.5, 0.6) is 0 Å². The quantitative estimate of drug-likeness (QED) is 0.154. The molecule has 0 amide bonds. The molecule has 11 aromatic rings. The first-order valence-corrected chi connectivity index (χ1v) is 20.1. The van der Waals surface area contributed by atoms with E-state index in [1.54, 1.807) is 0 Å². The number of nitrogens with zero attached hydrogens (tertiary/aromatic N) is 4.